The van der Waals surface area contributed by atoms with Crippen LogP contribution < -0.4 is 10.9 Å². The van der Waals surface area contributed by atoms with Crippen LogP contribution in [0, 0.1) is 11.3 Å². The predicted octanol–water partition coefficient (Wildman–Crippen LogP) is 4.13. The Bertz CT molecular complexity index is 1260. The van der Waals surface area contributed by atoms with Gasteiger partial charge in [0.15, 0.2) is 5.13 Å². The van der Waals surface area contributed by atoms with E-state index in [2.05, 4.69) is 20.3 Å². The molecule has 0 unspecified atom stereocenters. The van der Waals surface area contributed by atoms with Crippen molar-refractivity contribution < 1.29 is 0 Å². The summed E-state index contributed by atoms with van der Waals surface area (Å²) in [7, 11) is 0. The summed E-state index contributed by atoms with van der Waals surface area (Å²) >= 11 is 1.52. The van der Waals surface area contributed by atoms with Crippen LogP contribution in [0.2, 0.25) is 0 Å². The van der Waals surface area contributed by atoms with E-state index in [1.165, 1.54) is 11.3 Å². The van der Waals surface area contributed by atoms with Crippen molar-refractivity contribution in [2.24, 2.45) is 0 Å². The number of aromatic nitrogens is 4. The van der Waals surface area contributed by atoms with Crippen molar-refractivity contribution in [1.29, 1.82) is 5.26 Å². The quantitative estimate of drug-likeness (QED) is 0.567. The molecular weight excluding hydrogens is 372 g/mol. The lowest BCUT2D eigenvalue weighted by atomic mass is 10.2. The topological polar surface area (TPSA) is 96.5 Å². The molecule has 1 fully saturated rings. The number of thiazole rings is 1. The van der Waals surface area contributed by atoms with E-state index in [9.17, 15) is 10.1 Å². The van der Waals surface area contributed by atoms with Gasteiger partial charge in [0.05, 0.1) is 10.2 Å². The normalized spacial score (nSPS) is 14.5. The molecule has 1 saturated carbocycles. The summed E-state index contributed by atoms with van der Waals surface area (Å²) in [6.07, 6.45) is 5.67. The Labute approximate surface area is 164 Å². The van der Waals surface area contributed by atoms with Crippen molar-refractivity contribution in [2.45, 2.75) is 31.7 Å². The van der Waals surface area contributed by atoms with Crippen LogP contribution in [0.3, 0.4) is 0 Å². The number of pyridine rings is 1. The molecule has 0 spiro atoms. The van der Waals surface area contributed by atoms with Crippen molar-refractivity contribution in [2.75, 3.05) is 5.32 Å². The van der Waals surface area contributed by atoms with E-state index in [-0.39, 0.29) is 17.2 Å². The Hall–Kier alpha value is -3.31. The van der Waals surface area contributed by atoms with Crippen molar-refractivity contribution in [1.82, 2.24) is 19.5 Å². The van der Waals surface area contributed by atoms with Gasteiger partial charge < -0.3 is 0 Å². The second kappa shape index (κ2) is 6.69. The first kappa shape index (κ1) is 16.8. The maximum atomic E-state index is 12.8. The van der Waals surface area contributed by atoms with Gasteiger partial charge in [0, 0.05) is 17.6 Å². The number of benzene rings is 1. The highest BCUT2D eigenvalue weighted by Gasteiger charge is 2.22. The third kappa shape index (κ3) is 2.80. The van der Waals surface area contributed by atoms with Crippen LogP contribution in [0.25, 0.3) is 21.3 Å². The Balaban J connectivity index is 1.62. The molecule has 0 radical (unpaired) electrons. The number of nitrogens with zero attached hydrogens (tertiary/aromatic N) is 5. The number of hydrogen-bond donors (Lipinski definition) is 1. The summed E-state index contributed by atoms with van der Waals surface area (Å²) in [5, 5.41) is 13.9. The molecule has 0 atom stereocenters. The van der Waals surface area contributed by atoms with E-state index in [1.54, 1.807) is 16.8 Å². The average molecular weight is 388 g/mol. The summed E-state index contributed by atoms with van der Waals surface area (Å²) in [5.41, 5.74) is 1.34. The SMILES string of the molecule is N#Cc1cc2cnc(Nc3nc4ccccc4s3)nc2n(C2CCCC2)c1=O. The zero-order chi connectivity index (χ0) is 19.1. The molecule has 1 aromatic carbocycles. The van der Waals surface area contributed by atoms with Crippen LogP contribution in [0.15, 0.2) is 41.3 Å². The number of anilines is 2. The number of rotatable bonds is 3. The molecule has 138 valence electrons. The largest absolute Gasteiger partial charge is 0.300 e. The van der Waals surface area contributed by atoms with Crippen LogP contribution >= 0.6 is 11.3 Å². The molecule has 1 N–H and O–H groups in total. The van der Waals surface area contributed by atoms with Gasteiger partial charge in [-0.15, -0.1) is 0 Å². The van der Waals surface area contributed by atoms with Gasteiger partial charge in [-0.05, 0) is 31.0 Å². The first-order chi connectivity index (χ1) is 13.7. The lowest BCUT2D eigenvalue weighted by Gasteiger charge is -2.16. The minimum atomic E-state index is -0.272. The molecule has 0 aliphatic heterocycles. The van der Waals surface area contributed by atoms with E-state index in [1.807, 2.05) is 30.3 Å². The summed E-state index contributed by atoms with van der Waals surface area (Å²) in [5.74, 6) is 0.391. The second-order valence-electron chi connectivity index (χ2n) is 6.87. The fourth-order valence-corrected chi connectivity index (χ4v) is 4.64. The van der Waals surface area contributed by atoms with Crippen LogP contribution in [0.5, 0.6) is 0 Å². The van der Waals surface area contributed by atoms with Crippen LogP contribution in [0.1, 0.15) is 37.3 Å². The minimum Gasteiger partial charge on any atom is -0.300 e. The molecule has 1 aliphatic rings. The zero-order valence-electron chi connectivity index (χ0n) is 14.9. The molecule has 4 aromatic rings. The molecular formula is C20H16N6OS. The van der Waals surface area contributed by atoms with E-state index < -0.39 is 0 Å². The van der Waals surface area contributed by atoms with E-state index in [4.69, 9.17) is 0 Å². The molecule has 7 nitrogen and oxygen atoms in total. The maximum absolute atomic E-state index is 12.8. The predicted molar refractivity (Wildman–Crippen MR) is 109 cm³/mol. The zero-order valence-corrected chi connectivity index (χ0v) is 15.7. The fourth-order valence-electron chi connectivity index (χ4n) is 3.78. The smallest absolute Gasteiger partial charge is 0.270 e. The van der Waals surface area contributed by atoms with E-state index in [0.29, 0.717) is 22.1 Å². The van der Waals surface area contributed by atoms with Gasteiger partial charge in [0.25, 0.3) is 5.56 Å². The van der Waals surface area contributed by atoms with Crippen molar-refractivity contribution in [3.8, 4) is 6.07 Å². The summed E-state index contributed by atoms with van der Waals surface area (Å²) in [6.45, 7) is 0. The van der Waals surface area contributed by atoms with Crippen LogP contribution in [-0.2, 0) is 0 Å². The molecule has 3 aromatic heterocycles. The fraction of sp³-hybridized carbons (Fsp3) is 0.250. The Morgan fingerprint density at radius 2 is 2.04 bits per heavy atom. The van der Waals surface area contributed by atoms with Gasteiger partial charge in [-0.25, -0.2) is 9.97 Å². The monoisotopic (exact) mass is 388 g/mol. The third-order valence-corrected chi connectivity index (χ3v) is 6.05. The standard InChI is InChI=1S/C20H16N6OS/c21-10-12-9-13-11-22-19(25-20-23-15-7-3-4-8-16(15)28-20)24-17(13)26(18(12)27)14-5-1-2-6-14/h3-4,7-9,11,14H,1-2,5-6H2,(H,22,23,24,25). The number of nitriles is 1. The van der Waals surface area contributed by atoms with Gasteiger partial charge >= 0.3 is 0 Å². The molecule has 8 heteroatoms. The molecule has 1 aliphatic carbocycles. The van der Waals surface area contributed by atoms with Gasteiger partial charge in [-0.3, -0.25) is 14.7 Å². The molecule has 3 heterocycles. The number of para-hydroxylation sites is 1. The Morgan fingerprint density at radius 1 is 1.21 bits per heavy atom. The van der Waals surface area contributed by atoms with Gasteiger partial charge in [-0.2, -0.15) is 10.2 Å². The van der Waals surface area contributed by atoms with Crippen molar-refractivity contribution in [3.63, 3.8) is 0 Å². The third-order valence-electron chi connectivity index (χ3n) is 5.10. The highest BCUT2D eigenvalue weighted by atomic mass is 32.1. The maximum Gasteiger partial charge on any atom is 0.270 e. The second-order valence-corrected chi connectivity index (χ2v) is 7.90. The molecule has 28 heavy (non-hydrogen) atoms. The number of fused-ring (bicyclic) bond motifs is 2. The van der Waals surface area contributed by atoms with Crippen molar-refractivity contribution in [3.05, 3.63) is 52.4 Å². The summed E-state index contributed by atoms with van der Waals surface area (Å²) < 4.78 is 2.76. The van der Waals surface area contributed by atoms with Gasteiger partial charge in [0.1, 0.15) is 17.3 Å². The van der Waals surface area contributed by atoms with E-state index in [0.717, 1.165) is 35.9 Å². The Morgan fingerprint density at radius 3 is 2.82 bits per heavy atom. The first-order valence-corrected chi connectivity index (χ1v) is 9.99. The molecule has 0 bridgehead atoms. The van der Waals surface area contributed by atoms with E-state index >= 15 is 0 Å². The van der Waals surface area contributed by atoms with Gasteiger partial charge in [0.2, 0.25) is 5.95 Å². The van der Waals surface area contributed by atoms with Crippen LogP contribution in [-0.4, -0.2) is 19.5 Å². The lowest BCUT2D eigenvalue weighted by Crippen LogP contribution is -2.26. The lowest BCUT2D eigenvalue weighted by molar-refractivity contribution is 0.515. The van der Waals surface area contributed by atoms with Crippen LogP contribution in [0.4, 0.5) is 11.1 Å². The summed E-state index contributed by atoms with van der Waals surface area (Å²) in [4.78, 5) is 26.4. The van der Waals surface area contributed by atoms with Gasteiger partial charge in [-0.1, -0.05) is 36.3 Å². The average Bonchev–Trinajstić information content (AvgIpc) is 3.36. The highest BCUT2D eigenvalue weighted by molar-refractivity contribution is 7.22. The molecule has 5 rings (SSSR count). The Kier molecular flexibility index (Phi) is 4.02. The van der Waals surface area contributed by atoms with Crippen molar-refractivity contribution >= 4 is 43.7 Å². The first-order valence-electron chi connectivity index (χ1n) is 9.18. The highest BCUT2D eigenvalue weighted by Crippen LogP contribution is 2.31. The number of nitrogens with one attached hydrogen (secondary N) is 1. The number of hydrogen-bond acceptors (Lipinski definition) is 7. The minimum absolute atomic E-state index is 0.0773. The molecule has 0 amide bonds. The summed E-state index contributed by atoms with van der Waals surface area (Å²) in [6, 6.07) is 11.6. The molecule has 0 saturated heterocycles.